The van der Waals surface area contributed by atoms with Crippen LogP contribution in [-0.2, 0) is 19.1 Å². The molecular formula is C19H37BN3O4P. The first-order valence-corrected chi connectivity index (χ1v) is 10.4. The highest BCUT2D eigenvalue weighted by Gasteiger charge is 2.29. The minimum Gasteiger partial charge on any atom is -0.367 e. The van der Waals surface area contributed by atoms with Crippen molar-refractivity contribution < 1.29 is 19.1 Å². The van der Waals surface area contributed by atoms with Crippen LogP contribution in [0.3, 0.4) is 0 Å². The number of primary amides is 1. The summed E-state index contributed by atoms with van der Waals surface area (Å²) in [7, 11) is 8.12. The lowest BCUT2D eigenvalue weighted by molar-refractivity contribution is -0.139. The molecule has 0 spiro atoms. The molecule has 0 aromatic heterocycles. The average Bonchev–Trinajstić information content (AvgIpc) is 2.52. The summed E-state index contributed by atoms with van der Waals surface area (Å²) in [5.41, 5.74) is 4.22. The molecule has 0 aromatic rings. The molecule has 0 aromatic carbocycles. The zero-order chi connectivity index (χ0) is 22.0. The van der Waals surface area contributed by atoms with Crippen LogP contribution in [0.15, 0.2) is 0 Å². The second kappa shape index (κ2) is 12.4. The normalized spacial score (nSPS) is 15.0. The molecule has 3 amide bonds. The van der Waals surface area contributed by atoms with Crippen molar-refractivity contribution in [1.82, 2.24) is 10.6 Å². The largest absolute Gasteiger partial charge is 0.367 e. The summed E-state index contributed by atoms with van der Waals surface area (Å²) in [5, 5.41) is 5.12. The minimum absolute atomic E-state index is 0.139. The fourth-order valence-corrected chi connectivity index (χ4v) is 2.67. The van der Waals surface area contributed by atoms with E-state index in [0.717, 1.165) is 12.8 Å². The molecule has 0 saturated heterocycles. The lowest BCUT2D eigenvalue weighted by atomic mass is 9.97. The number of carbonyl (C=O) groups is 3. The third-order valence-electron chi connectivity index (χ3n) is 4.28. The summed E-state index contributed by atoms with van der Waals surface area (Å²) in [4.78, 5) is 36.2. The maximum Gasteiger partial charge on any atom is 0.249 e. The van der Waals surface area contributed by atoms with Crippen molar-refractivity contribution in [1.29, 1.82) is 0 Å². The second-order valence-electron chi connectivity index (χ2n) is 8.38. The standard InChI is InChI=1S/C19H37BN3O4P/c1-13(2)12-15(24)22-14(8-6-7-10-20)16(25)23-19(5,28)9-11-27-18(3,4)17(21)26/h13-14H,6-12,28H2,1-5H3,(H2,21,26)(H,22,24)(H,23,25). The van der Waals surface area contributed by atoms with E-state index in [0.29, 0.717) is 25.6 Å². The zero-order valence-corrected chi connectivity index (χ0v) is 19.1. The Balaban J connectivity index is 4.81. The smallest absolute Gasteiger partial charge is 0.249 e. The van der Waals surface area contributed by atoms with E-state index >= 15 is 0 Å². The van der Waals surface area contributed by atoms with Gasteiger partial charge in [0.2, 0.25) is 17.7 Å². The Bertz CT molecular complexity index is 527. The highest BCUT2D eigenvalue weighted by Crippen LogP contribution is 2.21. The van der Waals surface area contributed by atoms with Crippen LogP contribution in [0, 0.1) is 5.92 Å². The molecule has 0 heterocycles. The van der Waals surface area contributed by atoms with Gasteiger partial charge in [-0.05, 0) is 39.5 Å². The van der Waals surface area contributed by atoms with Crippen LogP contribution in [-0.4, -0.2) is 49.1 Å². The molecule has 4 N–H and O–H groups in total. The third kappa shape index (κ3) is 11.7. The highest BCUT2D eigenvalue weighted by atomic mass is 31.0. The Hall–Kier alpha value is -1.14. The maximum absolute atomic E-state index is 12.8. The summed E-state index contributed by atoms with van der Waals surface area (Å²) in [5.74, 6) is -0.721. The van der Waals surface area contributed by atoms with Gasteiger partial charge in [0.15, 0.2) is 0 Å². The van der Waals surface area contributed by atoms with E-state index in [1.165, 1.54) is 0 Å². The molecule has 0 aliphatic rings. The number of nitrogens with one attached hydrogen (secondary N) is 2. The first-order valence-electron chi connectivity index (χ1n) is 9.85. The lowest BCUT2D eigenvalue weighted by Crippen LogP contribution is -2.52. The quantitative estimate of drug-likeness (QED) is 0.229. The van der Waals surface area contributed by atoms with E-state index in [1.807, 2.05) is 20.8 Å². The summed E-state index contributed by atoms with van der Waals surface area (Å²) >= 11 is 0. The van der Waals surface area contributed by atoms with Gasteiger partial charge in [-0.15, -0.1) is 9.24 Å². The number of hydrogen-bond acceptors (Lipinski definition) is 4. The summed E-state index contributed by atoms with van der Waals surface area (Å²) in [6.07, 6.45) is 3.43. The fraction of sp³-hybridized carbons (Fsp3) is 0.842. The van der Waals surface area contributed by atoms with Crippen LogP contribution in [0.1, 0.15) is 66.7 Å². The van der Waals surface area contributed by atoms with Crippen LogP contribution in [0.25, 0.3) is 0 Å². The molecule has 0 aliphatic heterocycles. The van der Waals surface area contributed by atoms with Crippen LogP contribution in [0.5, 0.6) is 0 Å². The zero-order valence-electron chi connectivity index (χ0n) is 18.0. The Morgan fingerprint density at radius 1 is 1.18 bits per heavy atom. The summed E-state index contributed by atoms with van der Waals surface area (Å²) < 4.78 is 5.53. The van der Waals surface area contributed by atoms with Gasteiger partial charge in [0.25, 0.3) is 0 Å². The van der Waals surface area contributed by atoms with E-state index < -0.39 is 22.8 Å². The number of ether oxygens (including phenoxy) is 1. The minimum atomic E-state index is -1.07. The van der Waals surface area contributed by atoms with E-state index in [4.69, 9.17) is 18.3 Å². The van der Waals surface area contributed by atoms with Gasteiger partial charge in [-0.25, -0.2) is 0 Å². The van der Waals surface area contributed by atoms with Crippen molar-refractivity contribution in [3.8, 4) is 0 Å². The number of carbonyl (C=O) groups excluding carboxylic acids is 3. The van der Waals surface area contributed by atoms with Crippen LogP contribution in [0.4, 0.5) is 0 Å². The summed E-state index contributed by atoms with van der Waals surface area (Å²) in [6.45, 7) is 9.20. The predicted molar refractivity (Wildman–Crippen MR) is 116 cm³/mol. The van der Waals surface area contributed by atoms with Gasteiger partial charge >= 0.3 is 0 Å². The van der Waals surface area contributed by atoms with Crippen molar-refractivity contribution >= 4 is 34.8 Å². The molecule has 28 heavy (non-hydrogen) atoms. The van der Waals surface area contributed by atoms with E-state index in [-0.39, 0.29) is 24.3 Å². The van der Waals surface area contributed by atoms with Crippen LogP contribution < -0.4 is 16.4 Å². The van der Waals surface area contributed by atoms with Crippen molar-refractivity contribution in [2.75, 3.05) is 6.61 Å². The van der Waals surface area contributed by atoms with Crippen molar-refractivity contribution in [3.63, 3.8) is 0 Å². The first-order chi connectivity index (χ1) is 12.8. The van der Waals surface area contributed by atoms with Gasteiger partial charge in [-0.2, -0.15) is 0 Å². The Labute approximate surface area is 173 Å². The molecule has 0 saturated carbocycles. The Morgan fingerprint density at radius 3 is 2.29 bits per heavy atom. The maximum atomic E-state index is 12.8. The lowest BCUT2D eigenvalue weighted by Gasteiger charge is -2.30. The van der Waals surface area contributed by atoms with E-state index in [2.05, 4.69) is 19.9 Å². The van der Waals surface area contributed by atoms with E-state index in [1.54, 1.807) is 13.8 Å². The monoisotopic (exact) mass is 413 g/mol. The van der Waals surface area contributed by atoms with Gasteiger partial charge in [0.1, 0.15) is 11.6 Å². The Morgan fingerprint density at radius 2 is 1.79 bits per heavy atom. The SMILES string of the molecule is [B]CCCCC(NC(=O)CC(C)C)C(=O)NC(C)(P)CCOC(C)(C)C(N)=O. The van der Waals surface area contributed by atoms with Crippen molar-refractivity contribution in [2.24, 2.45) is 11.7 Å². The topological polar surface area (TPSA) is 111 Å². The molecule has 160 valence electrons. The van der Waals surface area contributed by atoms with Gasteiger partial charge in [0, 0.05) is 6.42 Å². The van der Waals surface area contributed by atoms with Crippen molar-refractivity contribution in [3.05, 3.63) is 0 Å². The predicted octanol–water partition coefficient (Wildman–Crippen LogP) is 1.65. The molecule has 3 unspecified atom stereocenters. The number of amides is 3. The molecule has 2 radical (unpaired) electrons. The molecule has 3 atom stereocenters. The molecule has 9 heteroatoms. The number of rotatable bonds is 14. The molecule has 0 bridgehead atoms. The molecular weight excluding hydrogens is 376 g/mol. The highest BCUT2D eigenvalue weighted by molar-refractivity contribution is 7.18. The van der Waals surface area contributed by atoms with Crippen LogP contribution in [0.2, 0.25) is 6.32 Å². The Kier molecular flexibility index (Phi) is 11.9. The van der Waals surface area contributed by atoms with Crippen LogP contribution >= 0.6 is 9.24 Å². The van der Waals surface area contributed by atoms with Gasteiger partial charge in [0.05, 0.1) is 19.7 Å². The first kappa shape index (κ1) is 26.9. The number of nitrogens with two attached hydrogens (primary N) is 1. The van der Waals surface area contributed by atoms with Crippen molar-refractivity contribution in [2.45, 2.75) is 90.0 Å². The van der Waals surface area contributed by atoms with Gasteiger partial charge in [-0.3, -0.25) is 14.4 Å². The average molecular weight is 413 g/mol. The molecule has 0 aliphatic carbocycles. The van der Waals surface area contributed by atoms with E-state index in [9.17, 15) is 14.4 Å². The molecule has 0 fully saturated rings. The van der Waals surface area contributed by atoms with Gasteiger partial charge in [-0.1, -0.05) is 33.0 Å². The second-order valence-corrected chi connectivity index (χ2v) is 9.66. The fourth-order valence-electron chi connectivity index (χ4n) is 2.41. The third-order valence-corrected chi connectivity index (χ3v) is 4.71. The number of unbranched alkanes of at least 4 members (excludes halogenated alkanes) is 1. The number of hydrogen-bond donors (Lipinski definition) is 3. The molecule has 7 nitrogen and oxygen atoms in total. The molecule has 0 rings (SSSR count). The van der Waals surface area contributed by atoms with Gasteiger partial charge < -0.3 is 21.1 Å². The summed E-state index contributed by atoms with van der Waals surface area (Å²) in [6, 6.07) is -0.611.